The van der Waals surface area contributed by atoms with Gasteiger partial charge in [0.25, 0.3) is 0 Å². The van der Waals surface area contributed by atoms with Gasteiger partial charge in [-0.25, -0.2) is 8.61 Å². The van der Waals surface area contributed by atoms with E-state index in [0.29, 0.717) is 6.42 Å². The summed E-state index contributed by atoms with van der Waals surface area (Å²) in [4.78, 5) is 2.37. The van der Waals surface area contributed by atoms with Gasteiger partial charge in [-0.05, 0) is 74.6 Å². The van der Waals surface area contributed by atoms with Crippen molar-refractivity contribution in [2.75, 3.05) is 39.8 Å². The number of likely N-dealkylation sites (N-methyl/N-ethyl adjacent to an activating group) is 1. The first-order chi connectivity index (χ1) is 17.5. The van der Waals surface area contributed by atoms with Crippen LogP contribution in [0.4, 0.5) is 13.2 Å². The molecule has 0 aliphatic carbocycles. The second kappa shape index (κ2) is 13.7. The average molecular weight is 532 g/mol. The van der Waals surface area contributed by atoms with Crippen LogP contribution in [0, 0.1) is 0 Å². The lowest BCUT2D eigenvalue weighted by Gasteiger charge is -2.34. The zero-order valence-corrected chi connectivity index (χ0v) is 23.4. The van der Waals surface area contributed by atoms with Crippen molar-refractivity contribution in [3.05, 3.63) is 88.5 Å². The number of aryl methyl sites for hydroxylation is 1. The highest BCUT2D eigenvalue weighted by atomic mass is 32.2. The lowest BCUT2D eigenvalue weighted by atomic mass is 9.94. The summed E-state index contributed by atoms with van der Waals surface area (Å²) in [6.45, 7) is 16.9. The molecule has 1 aliphatic rings. The van der Waals surface area contributed by atoms with E-state index < -0.39 is 11.7 Å². The summed E-state index contributed by atoms with van der Waals surface area (Å²) in [5.74, 6) is 0. The van der Waals surface area contributed by atoms with E-state index in [4.69, 9.17) is 0 Å². The molecule has 0 N–H and O–H groups in total. The Hall–Kier alpha value is -2.06. The Morgan fingerprint density at radius 3 is 2.24 bits per heavy atom. The molecule has 0 saturated carbocycles. The van der Waals surface area contributed by atoms with Crippen LogP contribution in [0.5, 0.6) is 0 Å². The van der Waals surface area contributed by atoms with Gasteiger partial charge in [0.15, 0.2) is 0 Å². The van der Waals surface area contributed by atoms with Crippen molar-refractivity contribution in [2.45, 2.75) is 52.8 Å². The predicted octanol–water partition coefficient (Wildman–Crippen LogP) is 7.71. The molecule has 1 fully saturated rings. The highest BCUT2D eigenvalue weighted by molar-refractivity contribution is 7.94. The van der Waals surface area contributed by atoms with E-state index in [2.05, 4.69) is 72.2 Å². The molecule has 0 atom stereocenters. The molecule has 3 rings (SSSR count). The molecule has 1 aliphatic heterocycles. The largest absolute Gasteiger partial charge is 0.416 e. The fraction of sp³-hybridized carbons (Fsp3) is 0.467. The monoisotopic (exact) mass is 531 g/mol. The van der Waals surface area contributed by atoms with Crippen molar-refractivity contribution in [3.8, 4) is 0 Å². The van der Waals surface area contributed by atoms with E-state index in [1.165, 1.54) is 34.4 Å². The fourth-order valence-electron chi connectivity index (χ4n) is 4.33. The van der Waals surface area contributed by atoms with Crippen molar-refractivity contribution in [1.29, 1.82) is 0 Å². The molecule has 3 nitrogen and oxygen atoms in total. The van der Waals surface area contributed by atoms with Crippen molar-refractivity contribution in [3.63, 3.8) is 0 Å². The number of rotatable bonds is 11. The molecule has 0 amide bonds. The third-order valence-corrected chi connectivity index (χ3v) is 8.23. The number of benzene rings is 2. The van der Waals surface area contributed by atoms with Crippen LogP contribution >= 0.6 is 12.1 Å². The van der Waals surface area contributed by atoms with E-state index in [0.717, 1.165) is 75.4 Å². The van der Waals surface area contributed by atoms with Gasteiger partial charge in [-0.3, -0.25) is 0 Å². The lowest BCUT2D eigenvalue weighted by Crippen LogP contribution is -2.42. The van der Waals surface area contributed by atoms with Crippen LogP contribution in [0.2, 0.25) is 0 Å². The van der Waals surface area contributed by atoms with E-state index in [-0.39, 0.29) is 0 Å². The zero-order chi connectivity index (χ0) is 27.0. The van der Waals surface area contributed by atoms with Crippen LogP contribution in [0.25, 0.3) is 5.57 Å². The second-order valence-corrected chi connectivity index (χ2v) is 11.2. The van der Waals surface area contributed by atoms with Crippen molar-refractivity contribution in [1.82, 2.24) is 13.5 Å². The minimum absolute atomic E-state index is 0.630. The van der Waals surface area contributed by atoms with Gasteiger partial charge < -0.3 is 4.90 Å². The van der Waals surface area contributed by atoms with Crippen LogP contribution in [-0.2, 0) is 19.1 Å². The molecule has 1 saturated heterocycles. The standard InChI is InChI=1S/C30H40F3N3S/c1-6-35(37-36-18-16-34(5)17-19-36)22-27-9-7-8-26(21-27)11-10-23(2)24(3)20-25(4)28-12-14-29(15-13-28)30(31,32)33/h7-9,12-15,21H,4,6,10-11,16-20,22H2,1-3,5H3/b24-23+. The maximum Gasteiger partial charge on any atom is 0.416 e. The quantitative estimate of drug-likeness (QED) is 0.217. The van der Waals surface area contributed by atoms with Crippen molar-refractivity contribution < 1.29 is 13.2 Å². The summed E-state index contributed by atoms with van der Waals surface area (Å²) in [6, 6.07) is 14.2. The Kier molecular flexibility index (Phi) is 10.9. The molecule has 1 heterocycles. The van der Waals surface area contributed by atoms with Gasteiger partial charge in [-0.1, -0.05) is 61.0 Å². The first-order valence-corrected chi connectivity index (χ1v) is 13.7. The van der Waals surface area contributed by atoms with E-state index in [9.17, 15) is 13.2 Å². The minimum Gasteiger partial charge on any atom is -0.304 e. The van der Waals surface area contributed by atoms with Crippen LogP contribution in [0.3, 0.4) is 0 Å². The summed E-state index contributed by atoms with van der Waals surface area (Å²) in [5, 5.41) is 0. The maximum absolute atomic E-state index is 12.8. The summed E-state index contributed by atoms with van der Waals surface area (Å²) in [5.41, 5.74) is 6.14. The third-order valence-electron chi connectivity index (χ3n) is 7.01. The maximum atomic E-state index is 12.8. The SMILES string of the molecule is C=C(C/C(C)=C(\C)CCc1cccc(CN(CC)SN2CCN(C)CC2)c1)c1ccc(C(F)(F)F)cc1. The van der Waals surface area contributed by atoms with Gasteiger partial charge in [-0.15, -0.1) is 0 Å². The number of nitrogens with zero attached hydrogens (tertiary/aromatic N) is 3. The normalized spacial score (nSPS) is 16.2. The number of hydrogen-bond acceptors (Lipinski definition) is 4. The van der Waals surface area contributed by atoms with Gasteiger partial charge in [0.1, 0.15) is 0 Å². The Bertz CT molecular complexity index is 1050. The molecule has 0 spiro atoms. The lowest BCUT2D eigenvalue weighted by molar-refractivity contribution is -0.137. The van der Waals surface area contributed by atoms with E-state index in [1.807, 2.05) is 12.1 Å². The number of alkyl halides is 3. The molecule has 0 unspecified atom stereocenters. The molecule has 37 heavy (non-hydrogen) atoms. The molecule has 2 aromatic rings. The molecule has 0 aromatic heterocycles. The van der Waals surface area contributed by atoms with Crippen molar-refractivity contribution in [2.24, 2.45) is 0 Å². The molecule has 7 heteroatoms. The topological polar surface area (TPSA) is 9.72 Å². The number of hydrogen-bond donors (Lipinski definition) is 0. The predicted molar refractivity (Wildman–Crippen MR) is 151 cm³/mol. The summed E-state index contributed by atoms with van der Waals surface area (Å²) >= 11 is 1.86. The Morgan fingerprint density at radius 2 is 1.62 bits per heavy atom. The molecular formula is C30H40F3N3S. The average Bonchev–Trinajstić information content (AvgIpc) is 2.87. The third kappa shape index (κ3) is 9.32. The van der Waals surface area contributed by atoms with Crippen molar-refractivity contribution >= 4 is 17.7 Å². The fourth-order valence-corrected chi connectivity index (χ4v) is 5.31. The summed E-state index contributed by atoms with van der Waals surface area (Å²) in [7, 11) is 2.18. The summed E-state index contributed by atoms with van der Waals surface area (Å²) in [6.07, 6.45) is -1.75. The Morgan fingerprint density at radius 1 is 0.973 bits per heavy atom. The highest BCUT2D eigenvalue weighted by Crippen LogP contribution is 2.31. The highest BCUT2D eigenvalue weighted by Gasteiger charge is 2.30. The van der Waals surface area contributed by atoms with Gasteiger partial charge in [0.05, 0.1) is 5.56 Å². The molecular weight excluding hydrogens is 491 g/mol. The first kappa shape index (κ1) is 29.5. The van der Waals surface area contributed by atoms with Crippen LogP contribution in [-0.4, -0.2) is 53.3 Å². The zero-order valence-electron chi connectivity index (χ0n) is 22.6. The number of piperazine rings is 1. The van der Waals surface area contributed by atoms with Gasteiger partial charge in [0, 0.05) is 51.4 Å². The first-order valence-electron chi connectivity index (χ1n) is 13.0. The van der Waals surface area contributed by atoms with Crippen LogP contribution in [0.1, 0.15) is 55.9 Å². The molecule has 0 radical (unpaired) electrons. The second-order valence-electron chi connectivity index (χ2n) is 10.0. The molecule has 202 valence electrons. The number of allylic oxidation sites excluding steroid dienone is 3. The van der Waals surface area contributed by atoms with Gasteiger partial charge >= 0.3 is 6.18 Å². The Balaban J connectivity index is 1.53. The molecule has 2 aromatic carbocycles. The van der Waals surface area contributed by atoms with E-state index >= 15 is 0 Å². The van der Waals surface area contributed by atoms with E-state index in [1.54, 1.807) is 0 Å². The summed E-state index contributed by atoms with van der Waals surface area (Å²) < 4.78 is 43.4. The van der Waals surface area contributed by atoms with Gasteiger partial charge in [0.2, 0.25) is 0 Å². The Labute approximate surface area is 225 Å². The smallest absolute Gasteiger partial charge is 0.304 e. The van der Waals surface area contributed by atoms with Crippen LogP contribution in [0.15, 0.2) is 66.3 Å². The minimum atomic E-state index is -4.32. The van der Waals surface area contributed by atoms with Gasteiger partial charge in [-0.2, -0.15) is 13.2 Å². The number of halogens is 3. The van der Waals surface area contributed by atoms with Crippen LogP contribution < -0.4 is 0 Å². The molecule has 0 bridgehead atoms.